The van der Waals surface area contributed by atoms with E-state index in [1.807, 2.05) is 20.8 Å². The van der Waals surface area contributed by atoms with Gasteiger partial charge in [0.15, 0.2) is 0 Å². The maximum atomic E-state index is 10.2. The first-order chi connectivity index (χ1) is 9.26. The molecule has 0 fully saturated rings. The summed E-state index contributed by atoms with van der Waals surface area (Å²) in [6, 6.07) is 0. The van der Waals surface area contributed by atoms with E-state index < -0.39 is 5.60 Å². The molecule has 0 aromatic carbocycles. The molecule has 1 heterocycles. The van der Waals surface area contributed by atoms with Crippen molar-refractivity contribution in [2.75, 3.05) is 25.6 Å². The van der Waals surface area contributed by atoms with E-state index in [-0.39, 0.29) is 5.92 Å². The number of nitrogens with one attached hydrogen (secondary N) is 1. The van der Waals surface area contributed by atoms with Crippen molar-refractivity contribution < 1.29 is 9.84 Å². The lowest BCUT2D eigenvalue weighted by atomic mass is 10.0. The molecule has 0 saturated carbocycles. The first kappa shape index (κ1) is 17.1. The van der Waals surface area contributed by atoms with Gasteiger partial charge in [0.2, 0.25) is 0 Å². The second-order valence-corrected chi connectivity index (χ2v) is 5.95. The summed E-state index contributed by atoms with van der Waals surface area (Å²) in [6.45, 7) is 8.54. The fourth-order valence-electron chi connectivity index (χ4n) is 1.62. The first-order valence-corrected chi connectivity index (χ1v) is 7.14. The predicted octanol–water partition coefficient (Wildman–Crippen LogP) is 2.76. The fraction of sp³-hybridized carbons (Fsp3) is 0.714. The molecule has 1 rings (SSSR count). The molecule has 0 saturated heterocycles. The minimum Gasteiger partial charge on any atom is -0.388 e. The number of nitrogens with zero attached hydrogens (tertiary/aromatic N) is 2. The molecule has 0 radical (unpaired) electrons. The highest BCUT2D eigenvalue weighted by Gasteiger charge is 2.21. The summed E-state index contributed by atoms with van der Waals surface area (Å²) in [6.07, 6.45) is 0.547. The molecule has 1 aromatic heterocycles. The number of ether oxygens (including phenoxy) is 1. The number of aliphatic hydroxyl groups is 1. The van der Waals surface area contributed by atoms with Crippen LogP contribution in [0.1, 0.15) is 44.5 Å². The summed E-state index contributed by atoms with van der Waals surface area (Å²) in [5.74, 6) is 1.56. The lowest BCUT2D eigenvalue weighted by Gasteiger charge is -2.24. The van der Waals surface area contributed by atoms with Crippen LogP contribution in [-0.2, 0) is 4.74 Å². The van der Waals surface area contributed by atoms with Crippen LogP contribution in [0.25, 0.3) is 0 Å². The van der Waals surface area contributed by atoms with Gasteiger partial charge in [-0.05, 0) is 13.8 Å². The van der Waals surface area contributed by atoms with Crippen LogP contribution >= 0.6 is 11.6 Å². The third kappa shape index (κ3) is 4.89. The van der Waals surface area contributed by atoms with E-state index in [0.29, 0.717) is 36.4 Å². The van der Waals surface area contributed by atoms with Gasteiger partial charge in [0.25, 0.3) is 0 Å². The summed E-state index contributed by atoms with van der Waals surface area (Å²) in [5, 5.41) is 13.8. The van der Waals surface area contributed by atoms with Crippen molar-refractivity contribution in [1.82, 2.24) is 9.97 Å². The second kappa shape index (κ2) is 7.20. The molecule has 2 N–H and O–H groups in total. The van der Waals surface area contributed by atoms with Crippen molar-refractivity contribution in [3.05, 3.63) is 16.5 Å². The molecule has 5 nitrogen and oxygen atoms in total. The topological polar surface area (TPSA) is 67.3 Å². The van der Waals surface area contributed by atoms with Gasteiger partial charge < -0.3 is 15.2 Å². The van der Waals surface area contributed by atoms with Crippen molar-refractivity contribution >= 4 is 17.4 Å². The van der Waals surface area contributed by atoms with Crippen LogP contribution in [0.4, 0.5) is 5.82 Å². The highest BCUT2D eigenvalue weighted by molar-refractivity contribution is 6.30. The van der Waals surface area contributed by atoms with E-state index >= 15 is 0 Å². The quantitative estimate of drug-likeness (QED) is 0.758. The molecule has 0 bridgehead atoms. The highest BCUT2D eigenvalue weighted by Crippen LogP contribution is 2.23. The molecule has 1 atom stereocenters. The Morgan fingerprint density at radius 3 is 2.60 bits per heavy atom. The molecule has 0 aliphatic heterocycles. The Balaban J connectivity index is 2.81. The fourth-order valence-corrected chi connectivity index (χ4v) is 1.80. The first-order valence-electron chi connectivity index (χ1n) is 6.76. The number of aromatic nitrogens is 2. The van der Waals surface area contributed by atoms with Crippen molar-refractivity contribution in [3.8, 4) is 0 Å². The Morgan fingerprint density at radius 1 is 1.40 bits per heavy atom. The molecular weight excluding hydrogens is 278 g/mol. The summed E-state index contributed by atoms with van der Waals surface area (Å²) in [4.78, 5) is 8.73. The van der Waals surface area contributed by atoms with Crippen LogP contribution in [-0.4, -0.2) is 40.9 Å². The van der Waals surface area contributed by atoms with Crippen LogP contribution < -0.4 is 5.32 Å². The van der Waals surface area contributed by atoms with E-state index in [2.05, 4.69) is 15.3 Å². The van der Waals surface area contributed by atoms with Gasteiger partial charge >= 0.3 is 0 Å². The Hall–Kier alpha value is -0.910. The zero-order chi connectivity index (χ0) is 15.3. The van der Waals surface area contributed by atoms with E-state index in [1.54, 1.807) is 14.0 Å². The van der Waals surface area contributed by atoms with Crippen molar-refractivity contribution in [3.63, 3.8) is 0 Å². The Kier molecular flexibility index (Phi) is 6.17. The van der Waals surface area contributed by atoms with E-state index in [9.17, 15) is 5.11 Å². The Morgan fingerprint density at radius 2 is 2.05 bits per heavy atom. The molecule has 20 heavy (non-hydrogen) atoms. The standard InChI is InChI=1S/C14H24ClN3O2/c1-9(2)12-17-11(15)10(3)13(18-12)16-8-14(4,19)6-7-20-5/h9,19H,6-8H2,1-5H3,(H,16,17,18). The highest BCUT2D eigenvalue weighted by atomic mass is 35.5. The zero-order valence-electron chi connectivity index (χ0n) is 12.8. The van der Waals surface area contributed by atoms with Crippen LogP contribution in [0, 0.1) is 6.92 Å². The molecule has 0 aliphatic rings. The van der Waals surface area contributed by atoms with Gasteiger partial charge in [0.05, 0.1) is 5.60 Å². The maximum absolute atomic E-state index is 10.2. The zero-order valence-corrected chi connectivity index (χ0v) is 13.6. The van der Waals surface area contributed by atoms with Gasteiger partial charge in [-0.2, -0.15) is 0 Å². The molecule has 0 amide bonds. The molecule has 0 spiro atoms. The van der Waals surface area contributed by atoms with Crippen LogP contribution in [0.3, 0.4) is 0 Å². The van der Waals surface area contributed by atoms with Crippen LogP contribution in [0.15, 0.2) is 0 Å². The molecule has 114 valence electrons. The minimum atomic E-state index is -0.863. The summed E-state index contributed by atoms with van der Waals surface area (Å²) >= 11 is 6.12. The van der Waals surface area contributed by atoms with Crippen LogP contribution in [0.5, 0.6) is 0 Å². The number of hydrogen-bond donors (Lipinski definition) is 2. The number of anilines is 1. The normalized spacial score (nSPS) is 14.4. The smallest absolute Gasteiger partial charge is 0.137 e. The largest absolute Gasteiger partial charge is 0.388 e. The van der Waals surface area contributed by atoms with Crippen LogP contribution in [0.2, 0.25) is 5.15 Å². The third-order valence-corrected chi connectivity index (χ3v) is 3.47. The van der Waals surface area contributed by atoms with Gasteiger partial charge in [-0.1, -0.05) is 25.4 Å². The average Bonchev–Trinajstić information content (AvgIpc) is 2.37. The Bertz CT molecular complexity index is 450. The molecule has 6 heteroatoms. The van der Waals surface area contributed by atoms with E-state index in [1.165, 1.54) is 0 Å². The molecule has 1 unspecified atom stereocenters. The predicted molar refractivity (Wildman–Crippen MR) is 81.5 cm³/mol. The van der Waals surface area contributed by atoms with E-state index in [0.717, 1.165) is 5.56 Å². The average molecular weight is 302 g/mol. The number of halogens is 1. The molecule has 1 aromatic rings. The van der Waals surface area contributed by atoms with Crippen molar-refractivity contribution in [2.45, 2.75) is 45.6 Å². The SMILES string of the molecule is COCCC(C)(O)CNc1nc(C(C)C)nc(Cl)c1C. The van der Waals surface area contributed by atoms with Gasteiger partial charge in [-0.25, -0.2) is 9.97 Å². The van der Waals surface area contributed by atoms with Crippen molar-refractivity contribution in [2.24, 2.45) is 0 Å². The van der Waals surface area contributed by atoms with Gasteiger partial charge in [0, 0.05) is 38.2 Å². The third-order valence-electron chi connectivity index (χ3n) is 3.10. The summed E-state index contributed by atoms with van der Waals surface area (Å²) in [7, 11) is 1.62. The monoisotopic (exact) mass is 301 g/mol. The van der Waals surface area contributed by atoms with E-state index in [4.69, 9.17) is 16.3 Å². The number of rotatable bonds is 7. The number of methoxy groups -OCH3 is 1. The van der Waals surface area contributed by atoms with Gasteiger partial charge in [-0.3, -0.25) is 0 Å². The van der Waals surface area contributed by atoms with Crippen molar-refractivity contribution in [1.29, 1.82) is 0 Å². The summed E-state index contributed by atoms with van der Waals surface area (Å²) < 4.78 is 4.99. The number of hydrogen-bond acceptors (Lipinski definition) is 5. The second-order valence-electron chi connectivity index (χ2n) is 5.59. The summed E-state index contributed by atoms with van der Waals surface area (Å²) in [5.41, 5.74) is -0.0728. The Labute approximate surface area is 125 Å². The lowest BCUT2D eigenvalue weighted by molar-refractivity contribution is 0.0357. The maximum Gasteiger partial charge on any atom is 0.137 e. The lowest BCUT2D eigenvalue weighted by Crippen LogP contribution is -2.35. The minimum absolute atomic E-state index is 0.197. The van der Waals surface area contributed by atoms with Gasteiger partial charge in [0.1, 0.15) is 16.8 Å². The molecule has 0 aliphatic carbocycles. The molecular formula is C14H24ClN3O2. The van der Waals surface area contributed by atoms with Gasteiger partial charge in [-0.15, -0.1) is 0 Å².